The lowest BCUT2D eigenvalue weighted by Gasteiger charge is -2.08. The number of aromatic nitrogens is 2. The van der Waals surface area contributed by atoms with Gasteiger partial charge in [-0.15, -0.1) is 0 Å². The summed E-state index contributed by atoms with van der Waals surface area (Å²) in [4.78, 5) is 16.4. The first-order valence-corrected chi connectivity index (χ1v) is 7.06. The van der Waals surface area contributed by atoms with Gasteiger partial charge in [0.1, 0.15) is 11.5 Å². The van der Waals surface area contributed by atoms with Crippen molar-refractivity contribution in [2.45, 2.75) is 20.4 Å². The van der Waals surface area contributed by atoms with Crippen LogP contribution < -0.4 is 0 Å². The zero-order valence-corrected chi connectivity index (χ0v) is 12.8. The summed E-state index contributed by atoms with van der Waals surface area (Å²) in [5.41, 5.74) is 1.28. The first-order valence-electron chi connectivity index (χ1n) is 6.27. The molecule has 0 aliphatic rings. The highest BCUT2D eigenvalue weighted by molar-refractivity contribution is 9.10. The van der Waals surface area contributed by atoms with E-state index in [4.69, 9.17) is 4.74 Å². The molecule has 0 amide bonds. The van der Waals surface area contributed by atoms with E-state index in [0.29, 0.717) is 28.2 Å². The number of hydrogen-bond acceptors (Lipinski definition) is 3. The van der Waals surface area contributed by atoms with Crippen LogP contribution in [-0.2, 0) is 11.3 Å². The van der Waals surface area contributed by atoms with E-state index in [1.54, 1.807) is 23.6 Å². The zero-order valence-electron chi connectivity index (χ0n) is 11.2. The van der Waals surface area contributed by atoms with Crippen molar-refractivity contribution in [1.29, 1.82) is 0 Å². The van der Waals surface area contributed by atoms with Crippen LogP contribution >= 0.6 is 15.9 Å². The molecule has 1 aromatic heterocycles. The summed E-state index contributed by atoms with van der Waals surface area (Å²) in [6, 6.07) is 5.98. The van der Waals surface area contributed by atoms with Crippen molar-refractivity contribution in [3.8, 4) is 11.3 Å². The molecule has 20 heavy (non-hydrogen) atoms. The highest BCUT2D eigenvalue weighted by Gasteiger charge is 2.23. The van der Waals surface area contributed by atoms with Crippen LogP contribution in [0.1, 0.15) is 24.3 Å². The molecule has 0 radical (unpaired) electrons. The van der Waals surface area contributed by atoms with E-state index in [9.17, 15) is 9.18 Å². The number of ether oxygens (including phenoxy) is 1. The highest BCUT2D eigenvalue weighted by Crippen LogP contribution is 2.28. The minimum absolute atomic E-state index is 0.272. The largest absolute Gasteiger partial charge is 0.461 e. The number of carbonyl (C=O) groups excluding carboxylic acids is 1. The minimum Gasteiger partial charge on any atom is -0.461 e. The number of nitrogens with zero attached hydrogens (tertiary/aromatic N) is 2. The molecule has 0 spiro atoms. The van der Waals surface area contributed by atoms with Crippen LogP contribution in [0.5, 0.6) is 0 Å². The van der Waals surface area contributed by atoms with Crippen LogP contribution in [0.2, 0.25) is 0 Å². The van der Waals surface area contributed by atoms with Crippen LogP contribution in [0.15, 0.2) is 29.0 Å². The van der Waals surface area contributed by atoms with Gasteiger partial charge in [0, 0.05) is 12.1 Å². The minimum atomic E-state index is -0.466. The van der Waals surface area contributed by atoms with E-state index in [-0.39, 0.29) is 12.4 Å². The molecule has 2 rings (SSSR count). The molecule has 1 aromatic carbocycles. The molecule has 0 saturated heterocycles. The van der Waals surface area contributed by atoms with E-state index >= 15 is 0 Å². The standard InChI is InChI=1S/C14H14BrFN2O2/c1-3-18-12(13(19)20-4-2)11(17-14(18)15)9-6-5-7-10(16)8-9/h5-8H,3-4H2,1-2H3. The summed E-state index contributed by atoms with van der Waals surface area (Å²) in [5, 5.41) is 0. The normalized spacial score (nSPS) is 10.6. The Kier molecular flexibility index (Phi) is 4.54. The van der Waals surface area contributed by atoms with Crippen molar-refractivity contribution in [1.82, 2.24) is 9.55 Å². The van der Waals surface area contributed by atoms with Gasteiger partial charge in [0.2, 0.25) is 0 Å². The van der Waals surface area contributed by atoms with Gasteiger partial charge in [-0.3, -0.25) is 0 Å². The van der Waals surface area contributed by atoms with E-state index in [1.807, 2.05) is 6.92 Å². The molecular formula is C14H14BrFN2O2. The predicted octanol–water partition coefficient (Wildman–Crippen LogP) is 3.65. The van der Waals surface area contributed by atoms with Crippen LogP contribution in [0.4, 0.5) is 4.39 Å². The third-order valence-electron chi connectivity index (χ3n) is 2.80. The predicted molar refractivity (Wildman–Crippen MR) is 77.0 cm³/mol. The number of imidazole rings is 1. The second kappa shape index (κ2) is 6.17. The number of carbonyl (C=O) groups is 1. The summed E-state index contributed by atoms with van der Waals surface area (Å²) in [7, 11) is 0. The third kappa shape index (κ3) is 2.75. The lowest BCUT2D eigenvalue weighted by Crippen LogP contribution is -2.13. The maximum absolute atomic E-state index is 13.4. The smallest absolute Gasteiger partial charge is 0.357 e. The van der Waals surface area contributed by atoms with Crippen LogP contribution in [0, 0.1) is 5.82 Å². The Balaban J connectivity index is 2.61. The summed E-state index contributed by atoms with van der Waals surface area (Å²) in [6.45, 7) is 4.46. The molecule has 0 atom stereocenters. The summed E-state index contributed by atoms with van der Waals surface area (Å²) >= 11 is 3.31. The fourth-order valence-corrected chi connectivity index (χ4v) is 2.56. The lowest BCUT2D eigenvalue weighted by molar-refractivity contribution is 0.0514. The molecule has 0 bridgehead atoms. The van der Waals surface area contributed by atoms with Gasteiger partial charge in [-0.25, -0.2) is 14.2 Å². The lowest BCUT2D eigenvalue weighted by atomic mass is 10.1. The quantitative estimate of drug-likeness (QED) is 0.798. The molecular weight excluding hydrogens is 327 g/mol. The van der Waals surface area contributed by atoms with Gasteiger partial charge in [-0.1, -0.05) is 12.1 Å². The molecule has 0 unspecified atom stereocenters. The maximum atomic E-state index is 13.4. The fraction of sp³-hybridized carbons (Fsp3) is 0.286. The highest BCUT2D eigenvalue weighted by atomic mass is 79.9. The maximum Gasteiger partial charge on any atom is 0.357 e. The van der Waals surface area contributed by atoms with Crippen molar-refractivity contribution in [2.75, 3.05) is 6.61 Å². The van der Waals surface area contributed by atoms with Crippen LogP contribution in [0.3, 0.4) is 0 Å². The van der Waals surface area contributed by atoms with Gasteiger partial charge in [0.05, 0.1) is 6.61 Å². The van der Waals surface area contributed by atoms with Gasteiger partial charge in [-0.2, -0.15) is 0 Å². The Morgan fingerprint density at radius 2 is 2.20 bits per heavy atom. The molecule has 106 valence electrons. The Hall–Kier alpha value is -1.69. The van der Waals surface area contributed by atoms with Gasteiger partial charge in [-0.05, 0) is 41.9 Å². The molecule has 2 aromatic rings. The fourth-order valence-electron chi connectivity index (χ4n) is 1.96. The number of benzene rings is 1. The average molecular weight is 341 g/mol. The Morgan fingerprint density at radius 3 is 2.80 bits per heavy atom. The van der Waals surface area contributed by atoms with Crippen molar-refractivity contribution < 1.29 is 13.9 Å². The summed E-state index contributed by atoms with van der Waals surface area (Å²) in [5.74, 6) is -0.841. The average Bonchev–Trinajstić information content (AvgIpc) is 2.76. The Morgan fingerprint density at radius 1 is 1.45 bits per heavy atom. The number of hydrogen-bond donors (Lipinski definition) is 0. The van der Waals surface area contributed by atoms with E-state index < -0.39 is 5.97 Å². The Labute approximate surface area is 124 Å². The van der Waals surface area contributed by atoms with Crippen molar-refractivity contribution in [3.63, 3.8) is 0 Å². The van der Waals surface area contributed by atoms with Crippen LogP contribution in [-0.4, -0.2) is 22.1 Å². The van der Waals surface area contributed by atoms with Gasteiger partial charge < -0.3 is 9.30 Å². The van der Waals surface area contributed by atoms with Crippen molar-refractivity contribution >= 4 is 21.9 Å². The molecule has 6 heteroatoms. The van der Waals surface area contributed by atoms with Gasteiger partial charge in [0.15, 0.2) is 10.4 Å². The third-order valence-corrected chi connectivity index (χ3v) is 3.41. The van der Waals surface area contributed by atoms with E-state index in [0.717, 1.165) is 0 Å². The van der Waals surface area contributed by atoms with Gasteiger partial charge in [0.25, 0.3) is 0 Å². The van der Waals surface area contributed by atoms with E-state index in [2.05, 4.69) is 20.9 Å². The zero-order chi connectivity index (χ0) is 14.7. The number of esters is 1. The van der Waals surface area contributed by atoms with Crippen LogP contribution in [0.25, 0.3) is 11.3 Å². The SMILES string of the molecule is CCOC(=O)c1c(-c2cccc(F)c2)nc(Br)n1CC. The number of rotatable bonds is 4. The number of halogens is 2. The first kappa shape index (κ1) is 14.7. The first-order chi connectivity index (χ1) is 9.58. The Bertz CT molecular complexity index is 640. The monoisotopic (exact) mass is 340 g/mol. The van der Waals surface area contributed by atoms with Crippen molar-refractivity contribution in [2.24, 2.45) is 0 Å². The molecule has 4 nitrogen and oxygen atoms in total. The molecule has 0 fully saturated rings. The summed E-state index contributed by atoms with van der Waals surface area (Å²) in [6.07, 6.45) is 0. The van der Waals surface area contributed by atoms with E-state index in [1.165, 1.54) is 12.1 Å². The second-order valence-corrected chi connectivity index (χ2v) is 4.76. The molecule has 0 N–H and O–H groups in total. The van der Waals surface area contributed by atoms with Gasteiger partial charge >= 0.3 is 5.97 Å². The molecule has 0 saturated carbocycles. The second-order valence-electron chi connectivity index (χ2n) is 4.05. The van der Waals surface area contributed by atoms with Crippen molar-refractivity contribution in [3.05, 3.63) is 40.5 Å². The molecule has 0 aliphatic carbocycles. The molecule has 1 heterocycles. The molecule has 0 aliphatic heterocycles. The topological polar surface area (TPSA) is 44.1 Å². The summed E-state index contributed by atoms with van der Waals surface area (Å²) < 4.78 is 20.6.